The van der Waals surface area contributed by atoms with Gasteiger partial charge in [-0.25, -0.2) is 23.3 Å². The standard InChI is InChI=1S/C24H21N3O5S2/c1-2-20(22(28)26-15-11-13-16(14-12-15)34(25,30)31)32-24(29)18-8-4-3-7-17(18)23-27-19-9-5-6-10-21(19)33-23/h3-14,20H,2H2,1H3,(H,26,28)(H2,25,30,31). The number of fused-ring (bicyclic) bond motifs is 1. The number of amides is 1. The third kappa shape index (κ3) is 5.14. The van der Waals surface area contributed by atoms with Crippen molar-refractivity contribution in [3.05, 3.63) is 78.4 Å². The number of hydrogen-bond acceptors (Lipinski definition) is 7. The number of carbonyl (C=O) groups excluding carboxylic acids is 2. The van der Waals surface area contributed by atoms with Crippen LogP contribution < -0.4 is 10.5 Å². The maximum atomic E-state index is 13.0. The molecular weight excluding hydrogens is 474 g/mol. The summed E-state index contributed by atoms with van der Waals surface area (Å²) in [5.41, 5.74) is 2.12. The molecule has 4 rings (SSSR count). The molecular formula is C24H21N3O5S2. The molecule has 0 bridgehead atoms. The topological polar surface area (TPSA) is 128 Å². The number of esters is 1. The summed E-state index contributed by atoms with van der Waals surface area (Å²) in [6, 6.07) is 20.1. The van der Waals surface area contributed by atoms with Gasteiger partial charge in [0.15, 0.2) is 6.10 Å². The Balaban J connectivity index is 1.52. The summed E-state index contributed by atoms with van der Waals surface area (Å²) < 4.78 is 29.3. The molecule has 1 aromatic heterocycles. The second kappa shape index (κ2) is 9.72. The highest BCUT2D eigenvalue weighted by atomic mass is 32.2. The van der Waals surface area contributed by atoms with Crippen LogP contribution in [0.3, 0.4) is 0 Å². The lowest BCUT2D eigenvalue weighted by Gasteiger charge is -2.17. The zero-order chi connectivity index (χ0) is 24.3. The van der Waals surface area contributed by atoms with Crippen molar-refractivity contribution in [3.63, 3.8) is 0 Å². The number of para-hydroxylation sites is 1. The van der Waals surface area contributed by atoms with E-state index in [4.69, 9.17) is 9.88 Å². The second-order valence-corrected chi connectivity index (χ2v) is 9.99. The van der Waals surface area contributed by atoms with E-state index in [2.05, 4.69) is 10.3 Å². The Labute approximate surface area is 200 Å². The Morgan fingerprint density at radius 2 is 1.71 bits per heavy atom. The molecule has 1 heterocycles. The molecule has 0 saturated heterocycles. The lowest BCUT2D eigenvalue weighted by molar-refractivity contribution is -0.124. The number of anilines is 1. The van der Waals surface area contributed by atoms with Crippen molar-refractivity contribution in [1.82, 2.24) is 4.98 Å². The Hall–Kier alpha value is -3.60. The molecule has 0 aliphatic rings. The van der Waals surface area contributed by atoms with Gasteiger partial charge in [-0.15, -0.1) is 11.3 Å². The molecule has 4 aromatic rings. The summed E-state index contributed by atoms with van der Waals surface area (Å²) in [6.07, 6.45) is -0.801. The summed E-state index contributed by atoms with van der Waals surface area (Å²) in [5.74, 6) is -1.17. The first-order valence-electron chi connectivity index (χ1n) is 10.4. The van der Waals surface area contributed by atoms with Gasteiger partial charge in [0.25, 0.3) is 5.91 Å². The van der Waals surface area contributed by atoms with Gasteiger partial charge in [0.2, 0.25) is 10.0 Å². The summed E-state index contributed by atoms with van der Waals surface area (Å²) >= 11 is 1.47. The SMILES string of the molecule is CCC(OC(=O)c1ccccc1-c1nc2ccccc2s1)C(=O)Nc1ccc(S(N)(=O)=O)cc1. The molecule has 0 spiro atoms. The first-order chi connectivity index (χ1) is 16.3. The lowest BCUT2D eigenvalue weighted by Crippen LogP contribution is -2.32. The molecule has 1 atom stereocenters. The fourth-order valence-electron chi connectivity index (χ4n) is 3.30. The Kier molecular flexibility index (Phi) is 6.73. The smallest absolute Gasteiger partial charge is 0.339 e. The highest BCUT2D eigenvalue weighted by Crippen LogP contribution is 2.32. The minimum atomic E-state index is -3.84. The van der Waals surface area contributed by atoms with Crippen LogP contribution in [0.15, 0.2) is 77.7 Å². The largest absolute Gasteiger partial charge is 0.449 e. The number of sulfonamides is 1. The Bertz CT molecular complexity index is 1430. The molecule has 8 nitrogen and oxygen atoms in total. The van der Waals surface area contributed by atoms with Crippen molar-refractivity contribution in [2.24, 2.45) is 5.14 Å². The molecule has 1 unspecified atom stereocenters. The van der Waals surface area contributed by atoms with Crippen LogP contribution in [0, 0.1) is 0 Å². The predicted molar refractivity (Wildman–Crippen MR) is 131 cm³/mol. The third-order valence-electron chi connectivity index (χ3n) is 5.03. The molecule has 10 heteroatoms. The summed E-state index contributed by atoms with van der Waals surface area (Å²) in [7, 11) is -3.84. The summed E-state index contributed by atoms with van der Waals surface area (Å²) in [5, 5.41) is 8.40. The first-order valence-corrected chi connectivity index (χ1v) is 12.7. The van der Waals surface area contributed by atoms with Crippen LogP contribution in [0.5, 0.6) is 0 Å². The van der Waals surface area contributed by atoms with E-state index in [0.717, 1.165) is 10.2 Å². The van der Waals surface area contributed by atoms with Gasteiger partial charge < -0.3 is 10.1 Å². The lowest BCUT2D eigenvalue weighted by atomic mass is 10.1. The zero-order valence-corrected chi connectivity index (χ0v) is 19.7. The number of carbonyl (C=O) groups is 2. The molecule has 0 saturated carbocycles. The highest BCUT2D eigenvalue weighted by molar-refractivity contribution is 7.89. The number of nitrogens with two attached hydrogens (primary N) is 1. The molecule has 0 fully saturated rings. The highest BCUT2D eigenvalue weighted by Gasteiger charge is 2.24. The minimum absolute atomic E-state index is 0.0737. The fraction of sp³-hybridized carbons (Fsp3) is 0.125. The van der Waals surface area contributed by atoms with E-state index in [1.807, 2.05) is 30.3 Å². The second-order valence-electron chi connectivity index (χ2n) is 7.39. The van der Waals surface area contributed by atoms with Crippen molar-refractivity contribution in [2.75, 3.05) is 5.32 Å². The summed E-state index contributed by atoms with van der Waals surface area (Å²) in [4.78, 5) is 30.3. The monoisotopic (exact) mass is 495 g/mol. The average Bonchev–Trinajstić information content (AvgIpc) is 3.26. The maximum absolute atomic E-state index is 13.0. The van der Waals surface area contributed by atoms with E-state index >= 15 is 0 Å². The van der Waals surface area contributed by atoms with Crippen molar-refractivity contribution in [3.8, 4) is 10.6 Å². The van der Waals surface area contributed by atoms with Crippen LogP contribution in [-0.2, 0) is 19.6 Å². The molecule has 3 N–H and O–H groups in total. The Morgan fingerprint density at radius 1 is 1.03 bits per heavy atom. The molecule has 3 aromatic carbocycles. The van der Waals surface area contributed by atoms with Gasteiger partial charge in [-0.3, -0.25) is 4.79 Å². The van der Waals surface area contributed by atoms with E-state index in [1.165, 1.54) is 35.6 Å². The van der Waals surface area contributed by atoms with Crippen LogP contribution in [0.25, 0.3) is 20.8 Å². The van der Waals surface area contributed by atoms with E-state index in [-0.39, 0.29) is 11.3 Å². The van der Waals surface area contributed by atoms with Gasteiger partial charge in [0, 0.05) is 11.3 Å². The Morgan fingerprint density at radius 3 is 2.38 bits per heavy atom. The predicted octanol–water partition coefficient (Wildman–Crippen LogP) is 4.18. The van der Waals surface area contributed by atoms with Crippen LogP contribution >= 0.6 is 11.3 Å². The molecule has 34 heavy (non-hydrogen) atoms. The number of primary sulfonamides is 1. The number of hydrogen-bond donors (Lipinski definition) is 2. The van der Waals surface area contributed by atoms with Gasteiger partial charge >= 0.3 is 5.97 Å². The molecule has 0 aliphatic heterocycles. The van der Waals surface area contributed by atoms with Gasteiger partial charge in [0.1, 0.15) is 5.01 Å². The zero-order valence-electron chi connectivity index (χ0n) is 18.1. The van der Waals surface area contributed by atoms with Gasteiger partial charge in [-0.2, -0.15) is 0 Å². The number of ether oxygens (including phenoxy) is 1. The van der Waals surface area contributed by atoms with Crippen molar-refractivity contribution < 1.29 is 22.7 Å². The van der Waals surface area contributed by atoms with E-state index in [1.54, 1.807) is 25.1 Å². The van der Waals surface area contributed by atoms with Crippen LogP contribution in [0.2, 0.25) is 0 Å². The van der Waals surface area contributed by atoms with Crippen LogP contribution in [-0.4, -0.2) is 31.4 Å². The number of benzene rings is 3. The molecule has 0 radical (unpaired) electrons. The van der Waals surface area contributed by atoms with Crippen molar-refractivity contribution in [2.45, 2.75) is 24.3 Å². The van der Waals surface area contributed by atoms with Gasteiger partial charge in [-0.05, 0) is 48.9 Å². The maximum Gasteiger partial charge on any atom is 0.339 e. The normalized spacial score (nSPS) is 12.3. The number of thiazole rings is 1. The minimum Gasteiger partial charge on any atom is -0.449 e. The quantitative estimate of drug-likeness (QED) is 0.370. The van der Waals surface area contributed by atoms with E-state index < -0.39 is 28.0 Å². The van der Waals surface area contributed by atoms with Gasteiger partial charge in [-0.1, -0.05) is 37.3 Å². The fourth-order valence-corrected chi connectivity index (χ4v) is 4.82. The number of nitrogens with zero attached hydrogens (tertiary/aromatic N) is 1. The number of rotatable bonds is 7. The summed E-state index contributed by atoms with van der Waals surface area (Å²) in [6.45, 7) is 1.72. The van der Waals surface area contributed by atoms with Crippen molar-refractivity contribution >= 4 is 49.1 Å². The van der Waals surface area contributed by atoms with E-state index in [9.17, 15) is 18.0 Å². The first kappa shape index (κ1) is 23.6. The van der Waals surface area contributed by atoms with Crippen LogP contribution in [0.1, 0.15) is 23.7 Å². The third-order valence-corrected chi connectivity index (χ3v) is 7.03. The van der Waals surface area contributed by atoms with Gasteiger partial charge in [0.05, 0.1) is 20.7 Å². The average molecular weight is 496 g/mol. The van der Waals surface area contributed by atoms with E-state index in [0.29, 0.717) is 21.8 Å². The van der Waals surface area contributed by atoms with Crippen molar-refractivity contribution in [1.29, 1.82) is 0 Å². The van der Waals surface area contributed by atoms with Crippen LogP contribution in [0.4, 0.5) is 5.69 Å². The molecule has 0 aliphatic carbocycles. The number of aromatic nitrogens is 1. The molecule has 174 valence electrons. The number of nitrogens with one attached hydrogen (secondary N) is 1. The molecule has 1 amide bonds.